The van der Waals surface area contributed by atoms with Gasteiger partial charge in [0.2, 0.25) is 0 Å². The maximum absolute atomic E-state index is 12.9. The van der Waals surface area contributed by atoms with E-state index in [1.807, 2.05) is 0 Å². The van der Waals surface area contributed by atoms with Crippen molar-refractivity contribution >= 4 is 17.2 Å². The summed E-state index contributed by atoms with van der Waals surface area (Å²) >= 11 is 0. The van der Waals surface area contributed by atoms with E-state index >= 15 is 0 Å². The number of carbonyl (C=O) groups excluding carboxylic acids is 1. The van der Waals surface area contributed by atoms with Gasteiger partial charge < -0.3 is 14.0 Å². The molecular weight excluding hydrogens is 347 g/mol. The number of imidazole rings is 1. The van der Waals surface area contributed by atoms with Gasteiger partial charge in [-0.3, -0.25) is 4.79 Å². The molecule has 3 aromatic rings. The summed E-state index contributed by atoms with van der Waals surface area (Å²) in [6, 6.07) is 7.53. The van der Waals surface area contributed by atoms with E-state index in [2.05, 4.69) is 9.72 Å². The third-order valence-corrected chi connectivity index (χ3v) is 4.28. The highest BCUT2D eigenvalue weighted by atomic mass is 19.4. The first-order chi connectivity index (χ1) is 12.4. The van der Waals surface area contributed by atoms with E-state index in [0.717, 1.165) is 5.65 Å². The normalized spacial score (nSPS) is 14.3. The van der Waals surface area contributed by atoms with Gasteiger partial charge in [0.25, 0.3) is 5.91 Å². The molecule has 134 valence electrons. The van der Waals surface area contributed by atoms with Gasteiger partial charge in [0.15, 0.2) is 0 Å². The number of anilines is 1. The van der Waals surface area contributed by atoms with E-state index in [1.54, 1.807) is 40.0 Å². The Labute approximate surface area is 146 Å². The largest absolute Gasteiger partial charge is 0.573 e. The monoisotopic (exact) mass is 361 g/mol. The van der Waals surface area contributed by atoms with E-state index in [0.29, 0.717) is 36.2 Å². The molecule has 1 aliphatic heterocycles. The fraction of sp³-hybridized carbons (Fsp3) is 0.222. The molecular formula is C18H14F3N3O2. The first-order valence-electron chi connectivity index (χ1n) is 8.04. The first-order valence-corrected chi connectivity index (χ1v) is 8.04. The molecule has 0 atom stereocenters. The molecule has 0 radical (unpaired) electrons. The highest BCUT2D eigenvalue weighted by Gasteiger charge is 2.32. The maximum Gasteiger partial charge on any atom is 0.573 e. The van der Waals surface area contributed by atoms with Crippen molar-refractivity contribution in [1.29, 1.82) is 0 Å². The van der Waals surface area contributed by atoms with Crippen molar-refractivity contribution in [3.05, 3.63) is 60.0 Å². The summed E-state index contributed by atoms with van der Waals surface area (Å²) < 4.78 is 42.9. The van der Waals surface area contributed by atoms with Crippen molar-refractivity contribution < 1.29 is 22.7 Å². The minimum absolute atomic E-state index is 0.203. The molecule has 8 heteroatoms. The summed E-state index contributed by atoms with van der Waals surface area (Å²) in [7, 11) is 0. The van der Waals surface area contributed by atoms with E-state index in [9.17, 15) is 18.0 Å². The molecule has 1 aliphatic rings. The lowest BCUT2D eigenvalue weighted by molar-refractivity contribution is -0.274. The number of carbonyl (C=O) groups is 1. The van der Waals surface area contributed by atoms with Crippen molar-refractivity contribution in [2.45, 2.75) is 19.2 Å². The smallest absolute Gasteiger partial charge is 0.406 e. The average molecular weight is 361 g/mol. The Morgan fingerprint density at radius 2 is 2.04 bits per heavy atom. The number of benzene rings is 1. The van der Waals surface area contributed by atoms with Crippen LogP contribution in [0.15, 0.2) is 48.9 Å². The average Bonchev–Trinajstić information content (AvgIpc) is 3.06. The van der Waals surface area contributed by atoms with Crippen molar-refractivity contribution in [3.8, 4) is 5.75 Å². The van der Waals surface area contributed by atoms with Crippen LogP contribution < -0.4 is 9.64 Å². The van der Waals surface area contributed by atoms with Gasteiger partial charge in [-0.1, -0.05) is 0 Å². The highest BCUT2D eigenvalue weighted by Crippen LogP contribution is 2.33. The van der Waals surface area contributed by atoms with Crippen LogP contribution in [0, 0.1) is 0 Å². The number of nitrogens with zero attached hydrogens (tertiary/aromatic N) is 3. The quantitative estimate of drug-likeness (QED) is 0.697. The topological polar surface area (TPSA) is 46.8 Å². The molecule has 0 saturated heterocycles. The van der Waals surface area contributed by atoms with Crippen molar-refractivity contribution in [1.82, 2.24) is 9.38 Å². The zero-order valence-electron chi connectivity index (χ0n) is 13.5. The van der Waals surface area contributed by atoms with Crippen LogP contribution in [0.3, 0.4) is 0 Å². The molecule has 0 spiro atoms. The Hall–Kier alpha value is -3.03. The van der Waals surface area contributed by atoms with Crippen molar-refractivity contribution in [2.24, 2.45) is 0 Å². The Kier molecular flexibility index (Phi) is 3.82. The van der Waals surface area contributed by atoms with E-state index in [4.69, 9.17) is 0 Å². The van der Waals surface area contributed by atoms with Crippen LogP contribution in [-0.2, 0) is 6.42 Å². The molecule has 3 heterocycles. The molecule has 4 rings (SSSR count). The lowest BCUT2D eigenvalue weighted by atomic mass is 10.0. The number of hydrogen-bond donors (Lipinski definition) is 0. The molecule has 0 unspecified atom stereocenters. The molecule has 26 heavy (non-hydrogen) atoms. The van der Waals surface area contributed by atoms with Gasteiger partial charge >= 0.3 is 6.36 Å². The Morgan fingerprint density at radius 3 is 2.85 bits per heavy atom. The van der Waals surface area contributed by atoms with Gasteiger partial charge in [-0.05, 0) is 48.7 Å². The number of alkyl halides is 3. The van der Waals surface area contributed by atoms with E-state index in [1.165, 1.54) is 18.2 Å². The van der Waals surface area contributed by atoms with Crippen LogP contribution in [0.1, 0.15) is 22.3 Å². The van der Waals surface area contributed by atoms with Crippen LogP contribution in [0.4, 0.5) is 18.9 Å². The zero-order chi connectivity index (χ0) is 18.3. The summed E-state index contributed by atoms with van der Waals surface area (Å²) in [4.78, 5) is 18.7. The molecule has 0 saturated carbocycles. The third kappa shape index (κ3) is 3.10. The lowest BCUT2D eigenvalue weighted by Crippen LogP contribution is -2.35. The zero-order valence-corrected chi connectivity index (χ0v) is 13.5. The molecule has 1 aromatic carbocycles. The number of fused-ring (bicyclic) bond motifs is 2. The van der Waals surface area contributed by atoms with Crippen LogP contribution in [0.2, 0.25) is 0 Å². The predicted molar refractivity (Wildman–Crippen MR) is 88.3 cm³/mol. The second-order valence-corrected chi connectivity index (χ2v) is 6.01. The molecule has 0 bridgehead atoms. The number of ether oxygens (including phenoxy) is 1. The first kappa shape index (κ1) is 16.4. The number of rotatable bonds is 2. The molecule has 0 N–H and O–H groups in total. The molecule has 5 nitrogen and oxygen atoms in total. The molecule has 0 aliphatic carbocycles. The third-order valence-electron chi connectivity index (χ3n) is 4.28. The van der Waals surface area contributed by atoms with Gasteiger partial charge in [-0.15, -0.1) is 13.2 Å². The molecule has 0 fully saturated rings. The second kappa shape index (κ2) is 6.05. The Morgan fingerprint density at radius 1 is 1.19 bits per heavy atom. The van der Waals surface area contributed by atoms with E-state index in [-0.39, 0.29) is 11.7 Å². The SMILES string of the molecule is O=C(c1ccc2nccn2c1)N1CCCc2cc(OC(F)(F)F)ccc21. The summed E-state index contributed by atoms with van der Waals surface area (Å²) in [5.41, 5.74) is 2.49. The lowest BCUT2D eigenvalue weighted by Gasteiger charge is -2.30. The minimum atomic E-state index is -4.74. The van der Waals surface area contributed by atoms with Gasteiger partial charge in [0.1, 0.15) is 11.4 Å². The van der Waals surface area contributed by atoms with Crippen molar-refractivity contribution in [3.63, 3.8) is 0 Å². The van der Waals surface area contributed by atoms with Crippen LogP contribution in [0.25, 0.3) is 5.65 Å². The second-order valence-electron chi connectivity index (χ2n) is 6.01. The van der Waals surface area contributed by atoms with Gasteiger partial charge in [0.05, 0.1) is 5.56 Å². The van der Waals surface area contributed by atoms with Crippen LogP contribution in [0.5, 0.6) is 5.75 Å². The van der Waals surface area contributed by atoms with Gasteiger partial charge in [-0.25, -0.2) is 4.98 Å². The van der Waals surface area contributed by atoms with E-state index < -0.39 is 6.36 Å². The fourth-order valence-corrected chi connectivity index (χ4v) is 3.18. The number of aryl methyl sites for hydroxylation is 1. The molecule has 1 amide bonds. The summed E-state index contributed by atoms with van der Waals surface area (Å²) in [5.74, 6) is -0.476. The van der Waals surface area contributed by atoms with Gasteiger partial charge in [0, 0.05) is 30.8 Å². The Bertz CT molecular complexity index is 981. The summed E-state index contributed by atoms with van der Waals surface area (Å²) in [6.07, 6.45) is 1.61. The van der Waals surface area contributed by atoms with Crippen LogP contribution in [-0.4, -0.2) is 28.2 Å². The standard InChI is InChI=1S/C18H14F3N3O2/c19-18(20,21)26-14-4-5-15-12(10-14)2-1-8-24(15)17(25)13-3-6-16-22-7-9-23(16)11-13/h3-7,9-11H,1-2,8H2. The van der Waals surface area contributed by atoms with Gasteiger partial charge in [-0.2, -0.15) is 0 Å². The number of pyridine rings is 1. The Balaban J connectivity index is 1.65. The number of hydrogen-bond acceptors (Lipinski definition) is 3. The van der Waals surface area contributed by atoms with Crippen LogP contribution >= 0.6 is 0 Å². The van der Waals surface area contributed by atoms with Crippen molar-refractivity contribution in [2.75, 3.05) is 11.4 Å². The maximum atomic E-state index is 12.9. The highest BCUT2D eigenvalue weighted by molar-refractivity contribution is 6.06. The predicted octanol–water partition coefficient (Wildman–Crippen LogP) is 3.83. The fourth-order valence-electron chi connectivity index (χ4n) is 3.18. The number of amides is 1. The minimum Gasteiger partial charge on any atom is -0.406 e. The number of aromatic nitrogens is 2. The summed E-state index contributed by atoms with van der Waals surface area (Å²) in [5, 5.41) is 0. The number of halogens is 3. The summed E-state index contributed by atoms with van der Waals surface area (Å²) in [6.45, 7) is 0.507. The molecule has 2 aromatic heterocycles.